The first-order valence-corrected chi connectivity index (χ1v) is 9.20. The molecule has 1 aliphatic heterocycles. The van der Waals surface area contributed by atoms with Crippen molar-refractivity contribution in [2.45, 2.75) is 52.6 Å². The molecule has 1 saturated heterocycles. The van der Waals surface area contributed by atoms with Crippen molar-refractivity contribution in [3.63, 3.8) is 0 Å². The maximum atomic E-state index is 13.4. The Morgan fingerprint density at radius 1 is 1.35 bits per heavy atom. The van der Waals surface area contributed by atoms with Crippen LogP contribution in [-0.2, 0) is 4.74 Å². The molecular formula is C20H27N3O3. The third kappa shape index (κ3) is 3.59. The van der Waals surface area contributed by atoms with Crippen LogP contribution < -0.4 is 0 Å². The number of nitrogens with zero attached hydrogens (tertiary/aromatic N) is 2. The number of Topliss-reactive ketones (excluding diaryl/α,β-unsaturated/α-hetero) is 1. The summed E-state index contributed by atoms with van der Waals surface area (Å²) in [7, 11) is 0. The van der Waals surface area contributed by atoms with E-state index in [1.165, 1.54) is 0 Å². The number of rotatable bonds is 4. The molecule has 0 spiro atoms. The lowest BCUT2D eigenvalue weighted by Crippen LogP contribution is -2.39. The molecule has 0 bridgehead atoms. The molecule has 1 aromatic heterocycles. The number of fused-ring (bicyclic) bond motifs is 1. The second kappa shape index (κ2) is 6.74. The van der Waals surface area contributed by atoms with E-state index in [0.717, 1.165) is 23.7 Å². The Morgan fingerprint density at radius 3 is 2.81 bits per heavy atom. The zero-order valence-electron chi connectivity index (χ0n) is 16.0. The summed E-state index contributed by atoms with van der Waals surface area (Å²) in [6.07, 6.45) is 3.70. The van der Waals surface area contributed by atoms with Gasteiger partial charge in [-0.05, 0) is 51.8 Å². The molecule has 0 saturated carbocycles. The molecule has 1 atom stereocenters. The van der Waals surface area contributed by atoms with Crippen LogP contribution in [0.25, 0.3) is 10.9 Å². The standard InChI is InChI=1S/C20H27N3O3/c1-5-8-20(9-10-23(13-20)18(25)26-19(2,3)4)17(24)14-6-7-16-15(11-14)12-21-22-16/h6-7,11-12H,5,8-10,13H2,1-4H3,(H,21,22). The lowest BCUT2D eigenvalue weighted by molar-refractivity contribution is 0.0272. The van der Waals surface area contributed by atoms with Gasteiger partial charge < -0.3 is 9.64 Å². The number of ether oxygens (including phenoxy) is 1. The van der Waals surface area contributed by atoms with Crippen molar-refractivity contribution >= 4 is 22.8 Å². The number of aromatic amines is 1. The van der Waals surface area contributed by atoms with Crippen LogP contribution >= 0.6 is 0 Å². The summed E-state index contributed by atoms with van der Waals surface area (Å²) < 4.78 is 5.49. The molecule has 26 heavy (non-hydrogen) atoms. The summed E-state index contributed by atoms with van der Waals surface area (Å²) in [6, 6.07) is 5.61. The van der Waals surface area contributed by atoms with Gasteiger partial charge in [-0.25, -0.2) is 4.79 Å². The topological polar surface area (TPSA) is 75.3 Å². The third-order valence-corrected chi connectivity index (χ3v) is 4.92. The molecule has 2 heterocycles. The highest BCUT2D eigenvalue weighted by molar-refractivity contribution is 6.03. The van der Waals surface area contributed by atoms with Crippen LogP contribution in [0.5, 0.6) is 0 Å². The third-order valence-electron chi connectivity index (χ3n) is 4.92. The van der Waals surface area contributed by atoms with Crippen molar-refractivity contribution in [1.82, 2.24) is 15.1 Å². The van der Waals surface area contributed by atoms with Crippen molar-refractivity contribution in [3.05, 3.63) is 30.0 Å². The fourth-order valence-corrected chi connectivity index (χ4v) is 3.73. The van der Waals surface area contributed by atoms with Gasteiger partial charge in [-0.2, -0.15) is 5.10 Å². The van der Waals surface area contributed by atoms with E-state index < -0.39 is 11.0 Å². The second-order valence-corrected chi connectivity index (χ2v) is 8.18. The largest absolute Gasteiger partial charge is 0.444 e. The first-order valence-electron chi connectivity index (χ1n) is 9.20. The van der Waals surface area contributed by atoms with E-state index in [-0.39, 0.29) is 11.9 Å². The summed E-state index contributed by atoms with van der Waals surface area (Å²) >= 11 is 0. The van der Waals surface area contributed by atoms with E-state index in [1.54, 1.807) is 11.1 Å². The summed E-state index contributed by atoms with van der Waals surface area (Å²) in [5, 5.41) is 7.84. The molecule has 140 valence electrons. The number of ketones is 1. The van der Waals surface area contributed by atoms with Crippen LogP contribution in [0.2, 0.25) is 0 Å². The van der Waals surface area contributed by atoms with Crippen LogP contribution in [0, 0.1) is 5.41 Å². The maximum absolute atomic E-state index is 13.4. The average Bonchev–Trinajstić information content (AvgIpc) is 3.19. The molecule has 1 aromatic carbocycles. The number of hydrogen-bond acceptors (Lipinski definition) is 4. The highest BCUT2D eigenvalue weighted by Crippen LogP contribution is 2.39. The minimum absolute atomic E-state index is 0.105. The van der Waals surface area contributed by atoms with Crippen molar-refractivity contribution in [1.29, 1.82) is 0 Å². The molecule has 3 rings (SSSR count). The van der Waals surface area contributed by atoms with Crippen LogP contribution in [-0.4, -0.2) is 45.7 Å². The Kier molecular flexibility index (Phi) is 4.78. The number of amides is 1. The fraction of sp³-hybridized carbons (Fsp3) is 0.550. The predicted molar refractivity (Wildman–Crippen MR) is 100 cm³/mol. The maximum Gasteiger partial charge on any atom is 0.410 e. The van der Waals surface area contributed by atoms with Crippen LogP contribution in [0.3, 0.4) is 0 Å². The zero-order chi connectivity index (χ0) is 18.9. The molecule has 0 aliphatic carbocycles. The van der Waals surface area contributed by atoms with Gasteiger partial charge in [0.1, 0.15) is 5.60 Å². The lowest BCUT2D eigenvalue weighted by atomic mass is 9.76. The summed E-state index contributed by atoms with van der Waals surface area (Å²) in [5.41, 5.74) is 0.512. The summed E-state index contributed by atoms with van der Waals surface area (Å²) in [5.74, 6) is 0.105. The van der Waals surface area contributed by atoms with Gasteiger partial charge in [-0.3, -0.25) is 9.89 Å². The molecule has 0 radical (unpaired) electrons. The Balaban J connectivity index is 1.83. The predicted octanol–water partition coefficient (Wildman–Crippen LogP) is 4.17. The van der Waals surface area contributed by atoms with Crippen molar-refractivity contribution < 1.29 is 14.3 Å². The lowest BCUT2D eigenvalue weighted by Gasteiger charge is -2.29. The highest BCUT2D eigenvalue weighted by Gasteiger charge is 2.46. The Hall–Kier alpha value is -2.37. The van der Waals surface area contributed by atoms with Crippen LogP contribution in [0.4, 0.5) is 4.79 Å². The van der Waals surface area contributed by atoms with Gasteiger partial charge in [0, 0.05) is 24.0 Å². The molecule has 1 fully saturated rings. The number of hydrogen-bond donors (Lipinski definition) is 1. The van der Waals surface area contributed by atoms with Crippen LogP contribution in [0.1, 0.15) is 57.3 Å². The first-order chi connectivity index (χ1) is 12.2. The van der Waals surface area contributed by atoms with Gasteiger partial charge in [0.15, 0.2) is 5.78 Å². The smallest absolute Gasteiger partial charge is 0.410 e. The van der Waals surface area contributed by atoms with Crippen molar-refractivity contribution in [3.8, 4) is 0 Å². The van der Waals surface area contributed by atoms with Gasteiger partial charge in [0.05, 0.1) is 17.1 Å². The number of aromatic nitrogens is 2. The average molecular weight is 357 g/mol. The van der Waals surface area contributed by atoms with Gasteiger partial charge in [-0.1, -0.05) is 13.3 Å². The van der Waals surface area contributed by atoms with Gasteiger partial charge >= 0.3 is 6.09 Å². The van der Waals surface area contributed by atoms with E-state index in [2.05, 4.69) is 17.1 Å². The Bertz CT molecular complexity index is 821. The number of carbonyl (C=O) groups excluding carboxylic acids is 2. The van der Waals surface area contributed by atoms with Gasteiger partial charge in [0.25, 0.3) is 0 Å². The first kappa shape index (κ1) is 18.4. The van der Waals surface area contributed by atoms with E-state index >= 15 is 0 Å². The molecular weight excluding hydrogens is 330 g/mol. The normalized spacial score (nSPS) is 20.5. The summed E-state index contributed by atoms with van der Waals surface area (Å²) in [4.78, 5) is 27.5. The fourth-order valence-electron chi connectivity index (χ4n) is 3.73. The quantitative estimate of drug-likeness (QED) is 0.833. The number of H-pyrrole nitrogens is 1. The molecule has 6 nitrogen and oxygen atoms in total. The second-order valence-electron chi connectivity index (χ2n) is 8.18. The van der Waals surface area contributed by atoms with Gasteiger partial charge in [0.2, 0.25) is 0 Å². The zero-order valence-corrected chi connectivity index (χ0v) is 16.0. The highest BCUT2D eigenvalue weighted by atomic mass is 16.6. The molecule has 1 unspecified atom stereocenters. The van der Waals surface area contributed by atoms with Crippen LogP contribution in [0.15, 0.2) is 24.4 Å². The number of carbonyl (C=O) groups is 2. The van der Waals surface area contributed by atoms with E-state index in [9.17, 15) is 9.59 Å². The minimum atomic E-state index is -0.539. The monoisotopic (exact) mass is 357 g/mol. The number of nitrogens with one attached hydrogen (secondary N) is 1. The molecule has 6 heteroatoms. The SMILES string of the molecule is CCCC1(C(=O)c2ccc3[nH]ncc3c2)CCN(C(=O)OC(C)(C)C)C1. The van der Waals surface area contributed by atoms with E-state index in [1.807, 2.05) is 39.0 Å². The minimum Gasteiger partial charge on any atom is -0.444 e. The molecule has 1 amide bonds. The number of likely N-dealkylation sites (tertiary alicyclic amines) is 1. The van der Waals surface area contributed by atoms with E-state index in [4.69, 9.17) is 4.74 Å². The van der Waals surface area contributed by atoms with E-state index in [0.29, 0.717) is 25.1 Å². The summed E-state index contributed by atoms with van der Waals surface area (Å²) in [6.45, 7) is 8.60. The molecule has 1 aliphatic rings. The number of benzene rings is 1. The van der Waals surface area contributed by atoms with Crippen molar-refractivity contribution in [2.75, 3.05) is 13.1 Å². The molecule has 1 N–H and O–H groups in total. The van der Waals surface area contributed by atoms with Crippen molar-refractivity contribution in [2.24, 2.45) is 5.41 Å². The Morgan fingerprint density at radius 2 is 2.12 bits per heavy atom. The van der Waals surface area contributed by atoms with Gasteiger partial charge in [-0.15, -0.1) is 0 Å². The molecule has 2 aromatic rings. The Labute approximate surface area is 153 Å².